The molecule has 0 radical (unpaired) electrons. The van der Waals surface area contributed by atoms with E-state index in [9.17, 15) is 4.79 Å². The van der Waals surface area contributed by atoms with Crippen LogP contribution in [0, 0.1) is 6.92 Å². The summed E-state index contributed by atoms with van der Waals surface area (Å²) >= 11 is 11.7. The van der Waals surface area contributed by atoms with Crippen LogP contribution in [0.2, 0.25) is 10.3 Å². The molecule has 1 heterocycles. The van der Waals surface area contributed by atoms with Crippen molar-refractivity contribution in [3.63, 3.8) is 0 Å². The highest BCUT2D eigenvalue weighted by Crippen LogP contribution is 2.25. The van der Waals surface area contributed by atoms with Gasteiger partial charge in [-0.3, -0.25) is 4.79 Å². The SMILES string of the molecule is Cc1ccc(-c2c(Cl)nc(Cl)c(=O)n2C)cc1. The van der Waals surface area contributed by atoms with Gasteiger partial charge in [-0.15, -0.1) is 0 Å². The summed E-state index contributed by atoms with van der Waals surface area (Å²) in [6, 6.07) is 7.69. The molecule has 0 saturated heterocycles. The van der Waals surface area contributed by atoms with Gasteiger partial charge in [-0.2, -0.15) is 0 Å². The van der Waals surface area contributed by atoms with Crippen LogP contribution in [0.4, 0.5) is 0 Å². The zero-order valence-corrected chi connectivity index (χ0v) is 10.9. The van der Waals surface area contributed by atoms with Crippen molar-refractivity contribution in [2.24, 2.45) is 7.05 Å². The molecule has 0 saturated carbocycles. The van der Waals surface area contributed by atoms with Crippen molar-refractivity contribution >= 4 is 23.2 Å². The first kappa shape index (κ1) is 12.1. The van der Waals surface area contributed by atoms with Gasteiger partial charge in [-0.25, -0.2) is 4.98 Å². The van der Waals surface area contributed by atoms with Gasteiger partial charge in [0.25, 0.3) is 5.56 Å². The highest BCUT2D eigenvalue weighted by atomic mass is 35.5. The Hall–Kier alpha value is -1.32. The monoisotopic (exact) mass is 268 g/mol. The number of aryl methyl sites for hydroxylation is 1. The Kier molecular flexibility index (Phi) is 3.22. The van der Waals surface area contributed by atoms with E-state index in [1.165, 1.54) is 4.57 Å². The minimum atomic E-state index is -0.355. The maximum absolute atomic E-state index is 11.7. The Bertz CT molecular complexity index is 618. The van der Waals surface area contributed by atoms with E-state index in [4.69, 9.17) is 23.2 Å². The van der Waals surface area contributed by atoms with Crippen LogP contribution in [0.15, 0.2) is 29.1 Å². The fourth-order valence-corrected chi connectivity index (χ4v) is 2.16. The van der Waals surface area contributed by atoms with Crippen LogP contribution in [0.25, 0.3) is 11.3 Å². The van der Waals surface area contributed by atoms with Gasteiger partial charge >= 0.3 is 0 Å². The molecule has 0 fully saturated rings. The van der Waals surface area contributed by atoms with Crippen molar-refractivity contribution in [2.45, 2.75) is 6.92 Å². The smallest absolute Gasteiger partial charge is 0.288 e. The van der Waals surface area contributed by atoms with Crippen molar-refractivity contribution in [3.8, 4) is 11.3 Å². The second-order valence-corrected chi connectivity index (χ2v) is 4.49. The van der Waals surface area contributed by atoms with Gasteiger partial charge in [0.15, 0.2) is 10.3 Å². The number of halogens is 2. The average molecular weight is 269 g/mol. The van der Waals surface area contributed by atoms with Crippen molar-refractivity contribution in [1.29, 1.82) is 0 Å². The molecule has 0 aliphatic carbocycles. The van der Waals surface area contributed by atoms with Crippen LogP contribution in [-0.4, -0.2) is 9.55 Å². The number of rotatable bonds is 1. The first-order valence-corrected chi connectivity index (χ1v) is 5.75. The second kappa shape index (κ2) is 4.51. The molecule has 0 aliphatic heterocycles. The summed E-state index contributed by atoms with van der Waals surface area (Å²) in [7, 11) is 1.62. The highest BCUT2D eigenvalue weighted by Gasteiger charge is 2.13. The van der Waals surface area contributed by atoms with E-state index < -0.39 is 0 Å². The number of hydrogen-bond donors (Lipinski definition) is 0. The molecular weight excluding hydrogens is 259 g/mol. The van der Waals surface area contributed by atoms with E-state index in [0.717, 1.165) is 11.1 Å². The molecule has 5 heteroatoms. The summed E-state index contributed by atoms with van der Waals surface area (Å²) < 4.78 is 1.41. The van der Waals surface area contributed by atoms with Gasteiger partial charge in [0.1, 0.15) is 0 Å². The van der Waals surface area contributed by atoms with Crippen LogP contribution in [0.1, 0.15) is 5.56 Å². The first-order chi connectivity index (χ1) is 8.00. The van der Waals surface area contributed by atoms with E-state index in [-0.39, 0.29) is 15.9 Å². The van der Waals surface area contributed by atoms with Crippen LogP contribution in [0.5, 0.6) is 0 Å². The fraction of sp³-hybridized carbons (Fsp3) is 0.167. The molecule has 1 aromatic heterocycles. The molecule has 3 nitrogen and oxygen atoms in total. The van der Waals surface area contributed by atoms with E-state index in [1.54, 1.807) is 7.05 Å². The summed E-state index contributed by atoms with van der Waals surface area (Å²) in [6.07, 6.45) is 0. The summed E-state index contributed by atoms with van der Waals surface area (Å²) in [6.45, 7) is 1.99. The third-order valence-electron chi connectivity index (χ3n) is 2.53. The quantitative estimate of drug-likeness (QED) is 0.797. The molecule has 88 valence electrons. The molecule has 0 unspecified atom stereocenters. The van der Waals surface area contributed by atoms with Gasteiger partial charge in [0.05, 0.1) is 5.69 Å². The lowest BCUT2D eigenvalue weighted by molar-refractivity contribution is 0.852. The number of benzene rings is 1. The minimum Gasteiger partial charge on any atom is -0.306 e. The van der Waals surface area contributed by atoms with Crippen LogP contribution in [0.3, 0.4) is 0 Å². The van der Waals surface area contributed by atoms with Crippen LogP contribution >= 0.6 is 23.2 Å². The molecule has 0 N–H and O–H groups in total. The Morgan fingerprint density at radius 2 is 1.71 bits per heavy atom. The maximum atomic E-state index is 11.7. The normalized spacial score (nSPS) is 10.6. The third kappa shape index (κ3) is 2.21. The van der Waals surface area contributed by atoms with Crippen molar-refractivity contribution < 1.29 is 0 Å². The summed E-state index contributed by atoms with van der Waals surface area (Å²) in [5, 5.41) is 0.106. The predicted molar refractivity (Wildman–Crippen MR) is 69.7 cm³/mol. The van der Waals surface area contributed by atoms with Crippen LogP contribution in [-0.2, 0) is 7.05 Å². The fourth-order valence-electron chi connectivity index (χ4n) is 1.59. The van der Waals surface area contributed by atoms with Gasteiger partial charge in [-0.1, -0.05) is 53.0 Å². The Morgan fingerprint density at radius 3 is 2.29 bits per heavy atom. The number of aromatic nitrogens is 2. The first-order valence-electron chi connectivity index (χ1n) is 5.00. The van der Waals surface area contributed by atoms with Crippen LogP contribution < -0.4 is 5.56 Å². The highest BCUT2D eigenvalue weighted by molar-refractivity contribution is 6.33. The number of nitrogens with zero attached hydrogens (tertiary/aromatic N) is 2. The van der Waals surface area contributed by atoms with Crippen molar-refractivity contribution in [3.05, 3.63) is 50.5 Å². The average Bonchev–Trinajstić information content (AvgIpc) is 2.29. The predicted octanol–water partition coefficient (Wildman–Crippen LogP) is 3.06. The molecule has 1 aromatic carbocycles. The molecule has 0 bridgehead atoms. The van der Waals surface area contributed by atoms with E-state index in [0.29, 0.717) is 5.69 Å². The molecule has 2 rings (SSSR count). The molecular formula is C12H10Cl2N2O. The van der Waals surface area contributed by atoms with Gasteiger partial charge < -0.3 is 4.57 Å². The lowest BCUT2D eigenvalue weighted by atomic mass is 10.1. The van der Waals surface area contributed by atoms with Crippen molar-refractivity contribution in [1.82, 2.24) is 9.55 Å². The zero-order chi connectivity index (χ0) is 12.6. The van der Waals surface area contributed by atoms with Crippen molar-refractivity contribution in [2.75, 3.05) is 0 Å². The summed E-state index contributed by atoms with van der Waals surface area (Å²) in [5.41, 5.74) is 2.19. The third-order valence-corrected chi connectivity index (χ3v) is 3.04. The minimum absolute atomic E-state index is 0.117. The van der Waals surface area contributed by atoms with Gasteiger partial charge in [0.2, 0.25) is 0 Å². The Balaban J connectivity index is 2.72. The molecule has 2 aromatic rings. The molecule has 0 spiro atoms. The lowest BCUT2D eigenvalue weighted by Gasteiger charge is -2.10. The standard InChI is InChI=1S/C12H10Cl2N2O/c1-7-3-5-8(6-4-7)9-10(13)15-11(14)12(17)16(9)2/h3-6H,1-2H3. The van der Waals surface area contributed by atoms with Gasteiger partial charge in [0, 0.05) is 12.6 Å². The molecule has 0 amide bonds. The molecule has 0 atom stereocenters. The Morgan fingerprint density at radius 1 is 1.12 bits per heavy atom. The van der Waals surface area contributed by atoms with Gasteiger partial charge in [-0.05, 0) is 6.92 Å². The molecule has 0 aliphatic rings. The van der Waals surface area contributed by atoms with E-state index >= 15 is 0 Å². The lowest BCUT2D eigenvalue weighted by Crippen LogP contribution is -2.20. The van der Waals surface area contributed by atoms with E-state index in [1.807, 2.05) is 31.2 Å². The maximum Gasteiger partial charge on any atom is 0.288 e. The largest absolute Gasteiger partial charge is 0.306 e. The number of hydrogen-bond acceptors (Lipinski definition) is 2. The second-order valence-electron chi connectivity index (χ2n) is 3.77. The zero-order valence-electron chi connectivity index (χ0n) is 9.37. The van der Waals surface area contributed by atoms with E-state index in [2.05, 4.69) is 4.98 Å². The Labute approximate surface area is 109 Å². The molecule has 17 heavy (non-hydrogen) atoms. The summed E-state index contributed by atoms with van der Waals surface area (Å²) in [5.74, 6) is 0. The summed E-state index contributed by atoms with van der Waals surface area (Å²) in [4.78, 5) is 15.5. The topological polar surface area (TPSA) is 34.9 Å².